The van der Waals surface area contributed by atoms with Crippen molar-refractivity contribution >= 4 is 24.7 Å². The Morgan fingerprint density at radius 1 is 1.43 bits per heavy atom. The second-order valence-corrected chi connectivity index (χ2v) is 6.35. The molecule has 0 spiro atoms. The molecule has 0 aliphatic rings. The number of anilines is 1. The lowest BCUT2D eigenvalue weighted by Crippen LogP contribution is -2.13. The predicted molar refractivity (Wildman–Crippen MR) is 81.0 cm³/mol. The third-order valence-electron chi connectivity index (χ3n) is 2.80. The summed E-state index contributed by atoms with van der Waals surface area (Å²) in [5, 5.41) is 0. The van der Waals surface area contributed by atoms with Gasteiger partial charge in [0, 0.05) is 13.7 Å². The van der Waals surface area contributed by atoms with E-state index in [0.717, 1.165) is 0 Å². The molecule has 4 N–H and O–H groups in total. The highest BCUT2D eigenvalue weighted by atomic mass is 31.2. The fourth-order valence-electron chi connectivity index (χ4n) is 1.78. The molecule has 2 rings (SSSR count). The van der Waals surface area contributed by atoms with Crippen LogP contribution in [0.4, 0.5) is 5.95 Å². The summed E-state index contributed by atoms with van der Waals surface area (Å²) in [7, 11) is -2.35. The molecule has 0 aromatic carbocycles. The number of imidazole rings is 1. The van der Waals surface area contributed by atoms with Crippen LogP contribution in [0.2, 0.25) is 0 Å². The Bertz CT molecular complexity index is 759. The summed E-state index contributed by atoms with van der Waals surface area (Å²) in [5.41, 5.74) is 5.53. The minimum atomic E-state index is -3.81. The first kappa shape index (κ1) is 17.6. The molecule has 0 fully saturated rings. The Hall–Kier alpha value is -1.78. The molecule has 11 nitrogen and oxygen atoms in total. The van der Waals surface area contributed by atoms with Crippen LogP contribution in [0.3, 0.4) is 0 Å². The van der Waals surface area contributed by atoms with E-state index in [0.29, 0.717) is 5.65 Å². The maximum Gasteiger partial charge on any atom is 0.353 e. The molecule has 2 aromatic rings. The van der Waals surface area contributed by atoms with Gasteiger partial charge in [-0.3, -0.25) is 14.3 Å². The molecule has 0 aliphatic heterocycles. The summed E-state index contributed by atoms with van der Waals surface area (Å²) in [6.07, 6.45) is 0.975. The van der Waals surface area contributed by atoms with Crippen molar-refractivity contribution in [3.63, 3.8) is 0 Å². The Kier molecular flexibility index (Phi) is 5.85. The lowest BCUT2D eigenvalue weighted by atomic mass is 10.5. The zero-order valence-electron chi connectivity index (χ0n) is 12.5. The average Bonchev–Trinajstić information content (AvgIpc) is 2.87. The number of aromatic amines is 1. The second kappa shape index (κ2) is 7.66. The Morgan fingerprint density at radius 2 is 2.22 bits per heavy atom. The van der Waals surface area contributed by atoms with Gasteiger partial charge < -0.3 is 29.2 Å². The lowest BCUT2D eigenvalue weighted by Gasteiger charge is -2.12. The number of H-pyrrole nitrogens is 1. The van der Waals surface area contributed by atoms with Gasteiger partial charge in [-0.25, -0.2) is 4.98 Å². The number of methoxy groups -OCH3 is 1. The van der Waals surface area contributed by atoms with E-state index in [1.165, 1.54) is 13.4 Å². The standard InChI is InChI=1S/C11H18N5O6P/c1-20-4-5-22-23(18,19)7-21-3-2-16-6-13-8-9(16)14-11(12)15-10(8)17/h6H,2-5,7H2,1H3,(H,18,19)(H3,12,14,15,17). The van der Waals surface area contributed by atoms with Gasteiger partial charge in [0.15, 0.2) is 11.2 Å². The van der Waals surface area contributed by atoms with Crippen molar-refractivity contribution in [2.45, 2.75) is 6.54 Å². The predicted octanol–water partition coefficient (Wildman–Crippen LogP) is -0.476. The van der Waals surface area contributed by atoms with Crippen LogP contribution in [0.15, 0.2) is 11.1 Å². The van der Waals surface area contributed by atoms with E-state index >= 15 is 0 Å². The van der Waals surface area contributed by atoms with Crippen LogP contribution in [0.1, 0.15) is 0 Å². The van der Waals surface area contributed by atoms with Gasteiger partial charge in [-0.05, 0) is 0 Å². The van der Waals surface area contributed by atoms with Crippen molar-refractivity contribution in [1.29, 1.82) is 0 Å². The van der Waals surface area contributed by atoms with Crippen molar-refractivity contribution < 1.29 is 23.5 Å². The SMILES string of the molecule is COCCOP(=O)(O)COCCn1cnc2c(=O)[nH]c(N)nc21. The molecule has 128 valence electrons. The fourth-order valence-corrected chi connectivity index (χ4v) is 2.57. The smallest absolute Gasteiger partial charge is 0.353 e. The van der Waals surface area contributed by atoms with E-state index in [-0.39, 0.29) is 37.8 Å². The maximum absolute atomic E-state index is 11.6. The van der Waals surface area contributed by atoms with Crippen molar-refractivity contribution in [1.82, 2.24) is 19.5 Å². The topological polar surface area (TPSA) is 155 Å². The summed E-state index contributed by atoms with van der Waals surface area (Å²) >= 11 is 0. The van der Waals surface area contributed by atoms with Gasteiger partial charge in [-0.2, -0.15) is 4.98 Å². The third kappa shape index (κ3) is 4.85. The molecule has 2 aromatic heterocycles. The van der Waals surface area contributed by atoms with E-state index in [2.05, 4.69) is 15.0 Å². The molecule has 0 amide bonds. The summed E-state index contributed by atoms with van der Waals surface area (Å²) in [6.45, 7) is 0.613. The highest BCUT2D eigenvalue weighted by molar-refractivity contribution is 7.52. The van der Waals surface area contributed by atoms with Gasteiger partial charge in [0.2, 0.25) is 5.95 Å². The van der Waals surface area contributed by atoms with E-state index in [4.69, 9.17) is 19.7 Å². The zero-order chi connectivity index (χ0) is 16.9. The largest absolute Gasteiger partial charge is 0.382 e. The van der Waals surface area contributed by atoms with Crippen molar-refractivity contribution in [2.75, 3.05) is 39.0 Å². The van der Waals surface area contributed by atoms with Crippen LogP contribution in [0, 0.1) is 0 Å². The minimum absolute atomic E-state index is 0.00572. The molecule has 23 heavy (non-hydrogen) atoms. The van der Waals surface area contributed by atoms with Crippen LogP contribution in [0.5, 0.6) is 0 Å². The number of nitrogens with one attached hydrogen (secondary N) is 1. The van der Waals surface area contributed by atoms with Crippen LogP contribution in [-0.4, -0.2) is 57.7 Å². The van der Waals surface area contributed by atoms with Gasteiger partial charge in [-0.15, -0.1) is 0 Å². The molecule has 12 heteroatoms. The second-order valence-electron chi connectivity index (χ2n) is 4.56. The number of hydrogen-bond donors (Lipinski definition) is 3. The van der Waals surface area contributed by atoms with Crippen LogP contribution < -0.4 is 11.3 Å². The normalized spacial score (nSPS) is 14.2. The van der Waals surface area contributed by atoms with Gasteiger partial charge in [0.25, 0.3) is 5.56 Å². The van der Waals surface area contributed by atoms with Gasteiger partial charge >= 0.3 is 7.60 Å². The Balaban J connectivity index is 1.87. The van der Waals surface area contributed by atoms with Gasteiger partial charge in [0.1, 0.15) is 6.35 Å². The average molecular weight is 347 g/mol. The quantitative estimate of drug-likeness (QED) is 0.403. The maximum atomic E-state index is 11.6. The zero-order valence-corrected chi connectivity index (χ0v) is 13.4. The molecule has 2 heterocycles. The number of nitrogen functional groups attached to an aromatic ring is 1. The fraction of sp³-hybridized carbons (Fsp3) is 0.545. The molecule has 1 atom stereocenters. The first-order valence-corrected chi connectivity index (χ1v) is 8.43. The lowest BCUT2D eigenvalue weighted by molar-refractivity contribution is 0.113. The van der Waals surface area contributed by atoms with E-state index in [1.807, 2.05) is 0 Å². The van der Waals surface area contributed by atoms with Crippen LogP contribution in [0.25, 0.3) is 11.2 Å². The molecule has 0 aliphatic carbocycles. The first-order valence-electron chi connectivity index (χ1n) is 6.66. The van der Waals surface area contributed by atoms with E-state index < -0.39 is 19.5 Å². The summed E-state index contributed by atoms with van der Waals surface area (Å²) in [4.78, 5) is 31.4. The summed E-state index contributed by atoms with van der Waals surface area (Å²) in [6, 6.07) is 0. The minimum Gasteiger partial charge on any atom is -0.382 e. The number of fused-ring (bicyclic) bond motifs is 1. The van der Waals surface area contributed by atoms with Gasteiger partial charge in [-0.1, -0.05) is 0 Å². The molecule has 1 unspecified atom stereocenters. The highest BCUT2D eigenvalue weighted by Crippen LogP contribution is 2.41. The van der Waals surface area contributed by atoms with Gasteiger partial charge in [0.05, 0.1) is 26.1 Å². The molecule has 0 saturated carbocycles. The van der Waals surface area contributed by atoms with Crippen molar-refractivity contribution in [2.24, 2.45) is 0 Å². The Morgan fingerprint density at radius 3 is 2.96 bits per heavy atom. The number of ether oxygens (including phenoxy) is 2. The van der Waals surface area contributed by atoms with Crippen molar-refractivity contribution in [3.05, 3.63) is 16.7 Å². The number of nitrogens with zero attached hydrogens (tertiary/aromatic N) is 3. The highest BCUT2D eigenvalue weighted by Gasteiger charge is 2.19. The molecule has 0 bridgehead atoms. The molecular formula is C11H18N5O6P. The monoisotopic (exact) mass is 347 g/mol. The molecule has 0 saturated heterocycles. The Labute approximate surface area is 130 Å². The number of aromatic nitrogens is 4. The van der Waals surface area contributed by atoms with E-state index in [9.17, 15) is 14.3 Å². The molecule has 0 radical (unpaired) electrons. The van der Waals surface area contributed by atoms with Crippen LogP contribution >= 0.6 is 7.60 Å². The molecular weight excluding hydrogens is 329 g/mol. The van der Waals surface area contributed by atoms with E-state index in [1.54, 1.807) is 4.57 Å². The number of hydrogen-bond acceptors (Lipinski definition) is 8. The summed E-state index contributed by atoms with van der Waals surface area (Å²) in [5.74, 6) is -0.0171. The van der Waals surface area contributed by atoms with Crippen LogP contribution in [-0.2, 0) is 25.1 Å². The van der Waals surface area contributed by atoms with Crippen molar-refractivity contribution in [3.8, 4) is 0 Å². The third-order valence-corrected chi connectivity index (χ3v) is 3.90. The number of rotatable bonds is 9. The number of nitrogens with two attached hydrogens (primary N) is 1. The first-order chi connectivity index (χ1) is 10.9. The summed E-state index contributed by atoms with van der Waals surface area (Å²) < 4.78 is 27.8.